The first-order valence-corrected chi connectivity index (χ1v) is 20.6. The van der Waals surface area contributed by atoms with Gasteiger partial charge in [0, 0.05) is 32.7 Å². The van der Waals surface area contributed by atoms with Gasteiger partial charge in [0.25, 0.3) is 0 Å². The lowest BCUT2D eigenvalue weighted by atomic mass is 9.70. The Morgan fingerprint density at radius 3 is 1.63 bits per heavy atom. The number of benzene rings is 10. The average molecular weight is 761 g/mol. The second-order valence-electron chi connectivity index (χ2n) is 16.4. The Bertz CT molecular complexity index is 3770. The molecule has 12 aromatic rings. The molecule has 60 heavy (non-hydrogen) atoms. The highest BCUT2D eigenvalue weighted by molar-refractivity contribution is 6.24. The van der Waals surface area contributed by atoms with E-state index in [9.17, 15) is 0 Å². The maximum atomic E-state index is 6.79. The topological polar surface area (TPSA) is 38.9 Å². The van der Waals surface area contributed by atoms with Crippen molar-refractivity contribution in [2.75, 3.05) is 0 Å². The van der Waals surface area contributed by atoms with Crippen LogP contribution in [0.5, 0.6) is 0 Å². The van der Waals surface area contributed by atoms with Crippen LogP contribution in [0.3, 0.4) is 0 Å². The van der Waals surface area contributed by atoms with Crippen molar-refractivity contribution in [2.45, 2.75) is 5.41 Å². The van der Waals surface area contributed by atoms with E-state index in [1.807, 2.05) is 6.20 Å². The summed E-state index contributed by atoms with van der Waals surface area (Å²) < 4.78 is 6.79. The van der Waals surface area contributed by atoms with Crippen LogP contribution in [0.25, 0.3) is 110 Å². The van der Waals surface area contributed by atoms with Crippen LogP contribution in [0.15, 0.2) is 199 Å². The second-order valence-corrected chi connectivity index (χ2v) is 16.4. The summed E-state index contributed by atoms with van der Waals surface area (Å²) in [5, 5.41) is 9.33. The summed E-state index contributed by atoms with van der Waals surface area (Å²) in [4.78, 5) is 10.6. The number of furan rings is 1. The highest BCUT2D eigenvalue weighted by atomic mass is 16.3. The van der Waals surface area contributed by atoms with Crippen molar-refractivity contribution >= 4 is 65.3 Å². The van der Waals surface area contributed by atoms with Crippen LogP contribution >= 0.6 is 0 Å². The molecule has 0 N–H and O–H groups in total. The fourth-order valence-corrected chi connectivity index (χ4v) is 11.0. The molecule has 0 aliphatic heterocycles. The second kappa shape index (κ2) is 11.6. The van der Waals surface area contributed by atoms with Gasteiger partial charge in [0.05, 0.1) is 28.3 Å². The number of fused-ring (bicyclic) bond motifs is 21. The number of hydrogen-bond donors (Lipinski definition) is 0. The van der Waals surface area contributed by atoms with Crippen LogP contribution in [0.2, 0.25) is 0 Å². The lowest BCUT2D eigenvalue weighted by Gasteiger charge is -2.31. The predicted octanol–water partition coefficient (Wildman–Crippen LogP) is 14.7. The van der Waals surface area contributed by atoms with Gasteiger partial charge in [-0.1, -0.05) is 164 Å². The van der Waals surface area contributed by atoms with Crippen molar-refractivity contribution < 1.29 is 4.42 Å². The van der Waals surface area contributed by atoms with Crippen molar-refractivity contribution in [1.82, 2.24) is 9.97 Å². The van der Waals surface area contributed by atoms with Crippen LogP contribution in [0.1, 0.15) is 22.3 Å². The third-order valence-electron chi connectivity index (χ3n) is 13.5. The van der Waals surface area contributed by atoms with Crippen LogP contribution in [0.4, 0.5) is 0 Å². The van der Waals surface area contributed by atoms with Crippen LogP contribution in [-0.2, 0) is 5.41 Å². The molecule has 0 saturated heterocycles. The molecule has 2 heterocycles. The number of hydrogen-bond acceptors (Lipinski definition) is 3. The van der Waals surface area contributed by atoms with Gasteiger partial charge in [-0.25, -0.2) is 4.98 Å². The molecule has 0 saturated carbocycles. The molecule has 0 radical (unpaired) electrons. The molecule has 2 aliphatic rings. The van der Waals surface area contributed by atoms with E-state index >= 15 is 0 Å². The molecule has 14 rings (SSSR count). The summed E-state index contributed by atoms with van der Waals surface area (Å²) in [5.41, 5.74) is 17.4. The van der Waals surface area contributed by atoms with Crippen molar-refractivity contribution in [2.24, 2.45) is 0 Å². The van der Waals surface area contributed by atoms with E-state index in [0.29, 0.717) is 0 Å². The lowest BCUT2D eigenvalue weighted by Crippen LogP contribution is -2.26. The summed E-state index contributed by atoms with van der Waals surface area (Å²) in [6.07, 6.45) is 1.97. The monoisotopic (exact) mass is 760 g/mol. The van der Waals surface area contributed by atoms with Crippen LogP contribution in [-0.4, -0.2) is 9.97 Å². The third kappa shape index (κ3) is 4.03. The Hall–Kier alpha value is -7.88. The molecule has 0 amide bonds. The molecule has 0 fully saturated rings. The molecule has 2 aromatic heterocycles. The minimum Gasteiger partial charge on any atom is -0.455 e. The summed E-state index contributed by atoms with van der Waals surface area (Å²) in [5.74, 6) is 0. The van der Waals surface area contributed by atoms with E-state index in [1.54, 1.807) is 0 Å². The number of rotatable bonds is 2. The van der Waals surface area contributed by atoms with Crippen LogP contribution < -0.4 is 0 Å². The molecule has 276 valence electrons. The largest absolute Gasteiger partial charge is 0.455 e. The molecule has 0 atom stereocenters. The molecule has 0 bridgehead atoms. The van der Waals surface area contributed by atoms with Gasteiger partial charge >= 0.3 is 0 Å². The number of nitrogens with zero attached hydrogens (tertiary/aromatic N) is 2. The lowest BCUT2D eigenvalue weighted by molar-refractivity contribution is 0.670. The van der Waals surface area contributed by atoms with E-state index in [0.717, 1.165) is 66.1 Å². The van der Waals surface area contributed by atoms with Gasteiger partial charge in [-0.15, -0.1) is 0 Å². The third-order valence-corrected chi connectivity index (χ3v) is 13.5. The highest BCUT2D eigenvalue weighted by Crippen LogP contribution is 2.63. The molecule has 10 aromatic carbocycles. The first-order valence-electron chi connectivity index (χ1n) is 20.6. The Morgan fingerprint density at radius 1 is 0.383 bits per heavy atom. The quantitative estimate of drug-likeness (QED) is 0.165. The molecule has 3 heteroatoms. The van der Waals surface area contributed by atoms with Crippen molar-refractivity contribution in [3.8, 4) is 44.6 Å². The van der Waals surface area contributed by atoms with Crippen molar-refractivity contribution in [1.29, 1.82) is 0 Å². The summed E-state index contributed by atoms with van der Waals surface area (Å²) in [6.45, 7) is 0. The van der Waals surface area contributed by atoms with E-state index in [1.165, 1.54) is 66.1 Å². The zero-order chi connectivity index (χ0) is 39.1. The summed E-state index contributed by atoms with van der Waals surface area (Å²) in [6, 6.07) is 68.6. The first kappa shape index (κ1) is 32.1. The van der Waals surface area contributed by atoms with E-state index in [-0.39, 0.29) is 0 Å². The van der Waals surface area contributed by atoms with Gasteiger partial charge in [0.1, 0.15) is 11.2 Å². The fraction of sp³-hybridized carbons (Fsp3) is 0.0175. The SMILES string of the molecule is c1ccc2c(c1)-c1ccccc1C21c2cc(-c3cnc4c5ccccc5c5ccccc5c4n3)ccc2-c2ccc(-c3cc4ccccc4c4c3oc3ccccc34)cc21. The van der Waals surface area contributed by atoms with Gasteiger partial charge in [0.2, 0.25) is 0 Å². The molecule has 3 nitrogen and oxygen atoms in total. The molecular formula is C57H32N2O. The van der Waals surface area contributed by atoms with Gasteiger partial charge in [-0.05, 0) is 95.9 Å². The molecule has 0 unspecified atom stereocenters. The van der Waals surface area contributed by atoms with Gasteiger partial charge in [0.15, 0.2) is 0 Å². The first-order chi connectivity index (χ1) is 29.8. The predicted molar refractivity (Wildman–Crippen MR) is 247 cm³/mol. The van der Waals surface area contributed by atoms with E-state index in [4.69, 9.17) is 14.4 Å². The molecule has 2 aliphatic carbocycles. The van der Waals surface area contributed by atoms with Crippen LogP contribution in [0, 0.1) is 0 Å². The average Bonchev–Trinajstić information content (AvgIpc) is 3.95. The van der Waals surface area contributed by atoms with Crippen molar-refractivity contribution in [3.63, 3.8) is 0 Å². The Labute approximate surface area is 344 Å². The Kier molecular flexibility index (Phi) is 6.22. The molecule has 1 spiro atoms. The zero-order valence-electron chi connectivity index (χ0n) is 32.3. The van der Waals surface area contributed by atoms with Crippen molar-refractivity contribution in [3.05, 3.63) is 217 Å². The minimum atomic E-state index is -0.555. The maximum Gasteiger partial charge on any atom is 0.143 e. The summed E-state index contributed by atoms with van der Waals surface area (Å²) >= 11 is 0. The van der Waals surface area contributed by atoms with E-state index in [2.05, 4.69) is 188 Å². The smallest absolute Gasteiger partial charge is 0.143 e. The number of para-hydroxylation sites is 1. The fourth-order valence-electron chi connectivity index (χ4n) is 11.0. The Balaban J connectivity index is 1.04. The standard InChI is InChI=1S/C57H32N2O/c1-2-14-36-33(13-1)29-46(56-53(36)45-21-9-12-24-52(45)60-56)34-25-27-41-42-28-26-35(51-32-58-54-43-19-5-3-15-37(43)38-16-4-6-20-44(38)55(54)59-51)31-50(42)57(49(41)30-34)47-22-10-7-17-39(47)40-18-8-11-23-48(40)57/h1-32H. The molecular weight excluding hydrogens is 729 g/mol. The minimum absolute atomic E-state index is 0.555. The van der Waals surface area contributed by atoms with Gasteiger partial charge in [-0.3, -0.25) is 4.98 Å². The van der Waals surface area contributed by atoms with Gasteiger partial charge in [-0.2, -0.15) is 0 Å². The maximum absolute atomic E-state index is 6.79. The number of aromatic nitrogens is 2. The van der Waals surface area contributed by atoms with E-state index < -0.39 is 5.41 Å². The Morgan fingerprint density at radius 2 is 0.917 bits per heavy atom. The summed E-state index contributed by atoms with van der Waals surface area (Å²) in [7, 11) is 0. The normalized spacial score (nSPS) is 13.5. The van der Waals surface area contributed by atoms with Gasteiger partial charge < -0.3 is 4.42 Å². The zero-order valence-corrected chi connectivity index (χ0v) is 32.3. The highest BCUT2D eigenvalue weighted by Gasteiger charge is 2.51.